The number of halogens is 3. The largest absolute Gasteiger partial charge is 0.319 e. The Morgan fingerprint density at radius 2 is 2.22 bits per heavy atom. The monoisotopic (exact) mass is 215 g/mol. The fourth-order valence-corrected chi connectivity index (χ4v) is 0.669. The summed E-state index contributed by atoms with van der Waals surface area (Å²) in [5.74, 6) is 0.515. The second-order valence-corrected chi connectivity index (χ2v) is 3.11. The molecule has 0 rings (SSSR count). The molecule has 1 radical (unpaired) electrons. The van der Waals surface area contributed by atoms with Gasteiger partial charge in [0, 0.05) is 12.0 Å². The van der Waals surface area contributed by atoms with Crippen molar-refractivity contribution in [2.24, 2.45) is 0 Å². The van der Waals surface area contributed by atoms with Gasteiger partial charge in [0.15, 0.2) is 0 Å². The number of alkyl halides is 3. The van der Waals surface area contributed by atoms with Gasteiger partial charge in [-0.2, -0.15) is 20.5 Å². The normalized spacial score (nSPS) is 12.9. The average molecular weight is 216 g/mol. The molecule has 0 aromatic rings. The topological polar surface area (TPSA) is 0 Å². The number of allylic oxidation sites excluding steroid dienone is 1. The average Bonchev–Trinajstić information content (AvgIpc) is 1.63. The maximum atomic E-state index is 11.8. The van der Waals surface area contributed by atoms with E-state index in [1.807, 2.05) is 0 Å². The SMILES string of the molecule is [CH2]SCC=CC(F)(F)Br. The third kappa shape index (κ3) is 8.43. The van der Waals surface area contributed by atoms with E-state index in [2.05, 4.69) is 22.2 Å². The van der Waals surface area contributed by atoms with Crippen LogP contribution in [0.25, 0.3) is 0 Å². The van der Waals surface area contributed by atoms with Gasteiger partial charge in [-0.25, -0.2) is 0 Å². The van der Waals surface area contributed by atoms with Gasteiger partial charge >= 0.3 is 4.83 Å². The summed E-state index contributed by atoms with van der Waals surface area (Å²) in [7, 11) is 0. The van der Waals surface area contributed by atoms with Gasteiger partial charge in [-0.15, -0.1) is 0 Å². The molecule has 0 amide bonds. The van der Waals surface area contributed by atoms with E-state index >= 15 is 0 Å². The highest BCUT2D eigenvalue weighted by molar-refractivity contribution is 9.10. The Bertz CT molecular complexity index is 97.6. The minimum atomic E-state index is -2.86. The highest BCUT2D eigenvalue weighted by Gasteiger charge is 2.17. The van der Waals surface area contributed by atoms with Crippen molar-refractivity contribution < 1.29 is 8.78 Å². The first-order valence-corrected chi connectivity index (χ1v) is 4.12. The van der Waals surface area contributed by atoms with Crippen molar-refractivity contribution in [2.45, 2.75) is 4.83 Å². The zero-order valence-electron chi connectivity index (χ0n) is 4.61. The maximum absolute atomic E-state index is 11.8. The van der Waals surface area contributed by atoms with E-state index < -0.39 is 4.83 Å². The zero-order chi connectivity index (χ0) is 7.33. The van der Waals surface area contributed by atoms with E-state index in [1.165, 1.54) is 17.8 Å². The van der Waals surface area contributed by atoms with Crippen LogP contribution in [-0.2, 0) is 0 Å². The first kappa shape index (κ1) is 9.43. The summed E-state index contributed by atoms with van der Waals surface area (Å²) in [6.07, 6.45) is 5.57. The second-order valence-electron chi connectivity index (χ2n) is 1.31. The summed E-state index contributed by atoms with van der Waals surface area (Å²) in [6, 6.07) is 0. The molecule has 0 aromatic heterocycles. The lowest BCUT2D eigenvalue weighted by molar-refractivity contribution is 0.171. The van der Waals surface area contributed by atoms with E-state index in [9.17, 15) is 8.78 Å². The molecule has 0 bridgehead atoms. The lowest BCUT2D eigenvalue weighted by Gasteiger charge is -1.97. The molecule has 0 aliphatic carbocycles. The van der Waals surface area contributed by atoms with Gasteiger partial charge in [-0.05, 0) is 22.0 Å². The van der Waals surface area contributed by atoms with Crippen molar-refractivity contribution in [3.63, 3.8) is 0 Å². The summed E-state index contributed by atoms with van der Waals surface area (Å²) in [6.45, 7) is 0. The van der Waals surface area contributed by atoms with Crippen LogP contribution in [-0.4, -0.2) is 10.6 Å². The summed E-state index contributed by atoms with van der Waals surface area (Å²) in [4.78, 5) is -2.86. The van der Waals surface area contributed by atoms with Gasteiger partial charge in [-0.1, -0.05) is 6.08 Å². The van der Waals surface area contributed by atoms with E-state index in [1.54, 1.807) is 0 Å². The molecule has 9 heavy (non-hydrogen) atoms. The van der Waals surface area contributed by atoms with Gasteiger partial charge in [0.25, 0.3) is 0 Å². The van der Waals surface area contributed by atoms with E-state index in [4.69, 9.17) is 0 Å². The second kappa shape index (κ2) is 4.28. The number of rotatable bonds is 3. The Kier molecular flexibility index (Phi) is 4.48. The minimum Gasteiger partial charge on any atom is -0.189 e. The Labute approximate surface area is 65.8 Å². The molecule has 0 saturated carbocycles. The fourth-order valence-electron chi connectivity index (χ4n) is 0.250. The molecule has 0 atom stereocenters. The molecule has 0 spiro atoms. The summed E-state index contributed by atoms with van der Waals surface area (Å²) in [5, 5.41) is 0. The van der Waals surface area contributed by atoms with Gasteiger partial charge < -0.3 is 0 Å². The molecule has 0 aliphatic rings. The molecular weight excluding hydrogens is 210 g/mol. The third-order valence-electron chi connectivity index (χ3n) is 0.521. The molecule has 53 valence electrons. The number of hydrogen-bond acceptors (Lipinski definition) is 1. The molecule has 0 nitrogen and oxygen atoms in total. The molecular formula is C5H6BrF2S. The molecule has 0 saturated heterocycles. The number of thioether (sulfide) groups is 1. The van der Waals surface area contributed by atoms with Crippen LogP contribution in [0.5, 0.6) is 0 Å². The first-order valence-electron chi connectivity index (χ1n) is 2.17. The van der Waals surface area contributed by atoms with E-state index in [0.29, 0.717) is 5.75 Å². The predicted molar refractivity (Wildman–Crippen MR) is 40.8 cm³/mol. The van der Waals surface area contributed by atoms with Crippen molar-refractivity contribution in [1.82, 2.24) is 0 Å². The van der Waals surface area contributed by atoms with Crippen molar-refractivity contribution in [3.05, 3.63) is 18.4 Å². The maximum Gasteiger partial charge on any atom is 0.319 e. The minimum absolute atomic E-state index is 0.515. The Hall–Kier alpha value is 0.430. The highest BCUT2D eigenvalue weighted by atomic mass is 79.9. The quantitative estimate of drug-likeness (QED) is 0.516. The van der Waals surface area contributed by atoms with Crippen molar-refractivity contribution in [2.75, 3.05) is 5.75 Å². The van der Waals surface area contributed by atoms with Gasteiger partial charge in [-0.3, -0.25) is 0 Å². The predicted octanol–water partition coefficient (Wildman–Crippen LogP) is 3.06. The zero-order valence-corrected chi connectivity index (χ0v) is 7.01. The van der Waals surface area contributed by atoms with Gasteiger partial charge in [0.2, 0.25) is 0 Å². The van der Waals surface area contributed by atoms with Crippen LogP contribution in [0, 0.1) is 6.26 Å². The van der Waals surface area contributed by atoms with Gasteiger partial charge in [0.1, 0.15) is 0 Å². The molecule has 0 unspecified atom stereocenters. The summed E-state index contributed by atoms with van der Waals surface area (Å²) >= 11 is 3.41. The van der Waals surface area contributed by atoms with Crippen LogP contribution in [0.15, 0.2) is 12.2 Å². The number of hydrogen-bond donors (Lipinski definition) is 0. The highest BCUT2D eigenvalue weighted by Crippen LogP contribution is 2.22. The summed E-state index contributed by atoms with van der Waals surface area (Å²) < 4.78 is 23.7. The lowest BCUT2D eigenvalue weighted by Crippen LogP contribution is -1.97. The lowest BCUT2D eigenvalue weighted by atomic mass is 10.5. The molecule has 4 heteroatoms. The fraction of sp³-hybridized carbons (Fsp3) is 0.400. The van der Waals surface area contributed by atoms with E-state index in [0.717, 1.165) is 6.08 Å². The van der Waals surface area contributed by atoms with Crippen molar-refractivity contribution in [3.8, 4) is 0 Å². The smallest absolute Gasteiger partial charge is 0.189 e. The Morgan fingerprint density at radius 1 is 1.67 bits per heavy atom. The summed E-state index contributed by atoms with van der Waals surface area (Å²) in [5.41, 5.74) is 0. The molecule has 0 fully saturated rings. The van der Waals surface area contributed by atoms with Crippen LogP contribution in [0.2, 0.25) is 0 Å². The molecule has 0 N–H and O–H groups in total. The van der Waals surface area contributed by atoms with Crippen LogP contribution < -0.4 is 0 Å². The van der Waals surface area contributed by atoms with Crippen LogP contribution in [0.3, 0.4) is 0 Å². The van der Waals surface area contributed by atoms with Crippen molar-refractivity contribution in [1.29, 1.82) is 0 Å². The van der Waals surface area contributed by atoms with Crippen LogP contribution in [0.4, 0.5) is 8.78 Å². The first-order chi connectivity index (χ1) is 4.06. The molecule has 0 aliphatic heterocycles. The molecule has 0 heterocycles. The van der Waals surface area contributed by atoms with E-state index in [-0.39, 0.29) is 0 Å². The third-order valence-corrected chi connectivity index (χ3v) is 1.21. The van der Waals surface area contributed by atoms with Gasteiger partial charge in [0.05, 0.1) is 0 Å². The van der Waals surface area contributed by atoms with Crippen molar-refractivity contribution >= 4 is 27.7 Å². The Balaban J connectivity index is 3.45. The van der Waals surface area contributed by atoms with Crippen LogP contribution >= 0.6 is 27.7 Å². The van der Waals surface area contributed by atoms with Crippen LogP contribution in [0.1, 0.15) is 0 Å². The molecule has 0 aromatic carbocycles. The standard InChI is InChI=1S/C5H6BrF2S/c1-9-4-2-3-5(6,7)8/h2-3H,1,4H2. The Morgan fingerprint density at radius 3 is 2.56 bits per heavy atom.